The molecule has 13 rings (SSSR count). The lowest BCUT2D eigenvalue weighted by atomic mass is 9.85. The van der Waals surface area contributed by atoms with Gasteiger partial charge in [-0.2, -0.15) is 0 Å². The molecule has 542 valence electrons. The first kappa shape index (κ1) is 72.8. The first-order valence-corrected chi connectivity index (χ1v) is 35.2. The lowest BCUT2D eigenvalue weighted by Gasteiger charge is -2.29. The number of pyridine rings is 2. The molecule has 9 heterocycles. The van der Waals surface area contributed by atoms with Crippen LogP contribution in [0.25, 0.3) is 11.1 Å². The van der Waals surface area contributed by atoms with Crippen molar-refractivity contribution in [3.8, 4) is 5.75 Å². The Balaban J connectivity index is 0.000000196. The second-order valence-electron chi connectivity index (χ2n) is 27.7. The highest BCUT2D eigenvalue weighted by Crippen LogP contribution is 2.45. The number of amides is 4. The van der Waals surface area contributed by atoms with Crippen molar-refractivity contribution >= 4 is 99.2 Å². The average molecular weight is 1420 g/mol. The number of nitrogens with two attached hydrogens (primary N) is 4. The van der Waals surface area contributed by atoms with E-state index in [0.717, 1.165) is 54.6 Å². The molecule has 104 heavy (non-hydrogen) atoms. The summed E-state index contributed by atoms with van der Waals surface area (Å²) in [6.45, 7) is 10.9. The Bertz CT molecular complexity index is 4530. The molecule has 0 aliphatic carbocycles. The van der Waals surface area contributed by atoms with E-state index in [0.29, 0.717) is 132 Å². The van der Waals surface area contributed by atoms with Gasteiger partial charge in [0.25, 0.3) is 0 Å². The summed E-state index contributed by atoms with van der Waals surface area (Å²) in [6, 6.07) is 28.5. The van der Waals surface area contributed by atoms with Crippen LogP contribution < -0.4 is 42.4 Å². The zero-order chi connectivity index (χ0) is 73.6. The molecule has 2 aromatic heterocycles. The number of carbonyl (C=O) groups is 4. The molecule has 5 saturated heterocycles. The smallest absolute Gasteiger partial charge is 0.237 e. The second kappa shape index (κ2) is 31.3. The van der Waals surface area contributed by atoms with E-state index >= 15 is 0 Å². The van der Waals surface area contributed by atoms with E-state index in [2.05, 4.69) is 40.9 Å². The number of carbonyl (C=O) groups excluding carboxylic acids is 4. The Morgan fingerprint density at radius 2 is 1.17 bits per heavy atom. The summed E-state index contributed by atoms with van der Waals surface area (Å²) in [5, 5.41) is 17.7. The Morgan fingerprint density at radius 3 is 1.77 bits per heavy atom. The van der Waals surface area contributed by atoms with Gasteiger partial charge in [0.15, 0.2) is 23.2 Å². The monoisotopic (exact) mass is 1420 g/mol. The quantitative estimate of drug-likeness (QED) is 0.0253. The van der Waals surface area contributed by atoms with Crippen molar-refractivity contribution in [3.63, 3.8) is 0 Å². The van der Waals surface area contributed by atoms with E-state index in [4.69, 9.17) is 38.5 Å². The molecule has 4 aromatic carbocycles. The van der Waals surface area contributed by atoms with Crippen molar-refractivity contribution in [2.45, 2.75) is 71.3 Å². The molecule has 24 nitrogen and oxygen atoms in total. The Labute approximate surface area is 602 Å². The molecule has 0 saturated carbocycles. The fraction of sp³-hybridized carbons (Fsp3) is 0.377. The summed E-state index contributed by atoms with van der Waals surface area (Å²) in [5.74, 6) is -0.307. The number of rotatable bonds is 19. The van der Waals surface area contributed by atoms with Gasteiger partial charge in [-0.1, -0.05) is 42.5 Å². The van der Waals surface area contributed by atoms with Gasteiger partial charge in [0.1, 0.15) is 41.7 Å². The predicted molar refractivity (Wildman–Crippen MR) is 402 cm³/mol. The van der Waals surface area contributed by atoms with Gasteiger partial charge in [-0.15, -0.1) is 0 Å². The maximum Gasteiger partial charge on any atom is 0.237 e. The van der Waals surface area contributed by atoms with Gasteiger partial charge in [0, 0.05) is 108 Å². The first-order chi connectivity index (χ1) is 50.0. The van der Waals surface area contributed by atoms with Crippen LogP contribution in [0.3, 0.4) is 0 Å². The highest BCUT2D eigenvalue weighted by atomic mass is 19.1. The van der Waals surface area contributed by atoms with Crippen molar-refractivity contribution in [2.75, 3.05) is 132 Å². The number of ether oxygens (including phenoxy) is 1. The van der Waals surface area contributed by atoms with Crippen LogP contribution in [-0.2, 0) is 19.2 Å². The number of likely N-dealkylation sites (tertiary alicyclic amines) is 2. The molecule has 7 aliphatic heterocycles. The van der Waals surface area contributed by atoms with Gasteiger partial charge in [-0.25, -0.2) is 33.1 Å². The minimum absolute atomic E-state index is 0.0265. The molecule has 6 aromatic rings. The molecule has 0 radical (unpaired) electrons. The number of nitrogens with one attached hydrogen (secondary N) is 2. The number of benzene rings is 4. The third-order valence-corrected chi connectivity index (χ3v) is 20.6. The molecule has 5 fully saturated rings. The van der Waals surface area contributed by atoms with Crippen LogP contribution in [0.2, 0.25) is 0 Å². The maximum atomic E-state index is 14.8. The lowest BCUT2D eigenvalue weighted by molar-refractivity contribution is -0.133. The minimum atomic E-state index is -0.644. The lowest BCUT2D eigenvalue weighted by Crippen LogP contribution is -2.43. The summed E-state index contributed by atoms with van der Waals surface area (Å²) in [4.78, 5) is 92.5. The van der Waals surface area contributed by atoms with Crippen LogP contribution in [0.4, 0.5) is 41.9 Å². The zero-order valence-corrected chi connectivity index (χ0v) is 59.1. The van der Waals surface area contributed by atoms with Crippen LogP contribution in [0, 0.1) is 39.1 Å². The number of hydrogen-bond acceptors (Lipinski definition) is 16. The SMILES string of the molecule is CN=CN=C(N)c1ccc(C2=CCN(C(=O)CN3CC[C@]4(CCN(c5ccc(N)c(C(=N)c6ccc(F)c(N7CCCC7)n6)c5)C4=O)C3)CC2)cc1.CN=CN=C(N)c1ccc(C2=CCN(C(=O)CN3CC[C@]4(CCN(c5ccc(N)c(C(=N)c6ccc(OC(C)C)c(F)c6)n5)C4=O)C3)CC2)cc1F. The van der Waals surface area contributed by atoms with E-state index in [1.165, 1.54) is 48.6 Å². The molecular formula is C77H88F3N19O5. The number of aromatic nitrogens is 2. The first-order valence-electron chi connectivity index (χ1n) is 35.2. The zero-order valence-electron chi connectivity index (χ0n) is 59.1. The summed E-state index contributed by atoms with van der Waals surface area (Å²) >= 11 is 0. The van der Waals surface area contributed by atoms with E-state index in [1.54, 1.807) is 85.1 Å². The number of halogens is 3. The molecule has 0 bridgehead atoms. The van der Waals surface area contributed by atoms with Crippen LogP contribution in [0.1, 0.15) is 110 Å². The summed E-state index contributed by atoms with van der Waals surface area (Å²) in [6.07, 6.45) is 12.4. The third-order valence-electron chi connectivity index (χ3n) is 20.6. The van der Waals surface area contributed by atoms with Crippen LogP contribution >= 0.6 is 0 Å². The van der Waals surface area contributed by atoms with Gasteiger partial charge < -0.3 is 47.3 Å². The number of anilines is 5. The molecule has 2 spiro atoms. The molecule has 2 atom stereocenters. The number of nitrogens with zero attached hydrogens (tertiary/aromatic N) is 13. The van der Waals surface area contributed by atoms with Crippen LogP contribution in [-0.4, -0.2) is 201 Å². The number of hydrogen-bond donors (Lipinski definition) is 6. The summed E-state index contributed by atoms with van der Waals surface area (Å²) < 4.78 is 49.7. The molecule has 10 N–H and O–H groups in total. The fourth-order valence-corrected chi connectivity index (χ4v) is 14.9. The third kappa shape index (κ3) is 15.7. The van der Waals surface area contributed by atoms with Gasteiger partial charge >= 0.3 is 0 Å². The Hall–Kier alpha value is -10.9. The number of aliphatic imine (C=N–C) groups is 4. The van der Waals surface area contributed by atoms with E-state index in [1.807, 2.05) is 51.1 Å². The van der Waals surface area contributed by atoms with Gasteiger partial charge in [0.2, 0.25) is 23.6 Å². The van der Waals surface area contributed by atoms with Crippen LogP contribution in [0.5, 0.6) is 5.75 Å². The summed E-state index contributed by atoms with van der Waals surface area (Å²) in [7, 11) is 3.19. The van der Waals surface area contributed by atoms with Crippen molar-refractivity contribution in [1.82, 2.24) is 29.6 Å². The molecular weight excluding hydrogens is 1330 g/mol. The van der Waals surface area contributed by atoms with Crippen molar-refractivity contribution in [1.29, 1.82) is 10.8 Å². The van der Waals surface area contributed by atoms with Crippen LogP contribution in [0.15, 0.2) is 135 Å². The Morgan fingerprint density at radius 1 is 0.596 bits per heavy atom. The van der Waals surface area contributed by atoms with Gasteiger partial charge in [-0.05, 0) is 173 Å². The molecule has 7 aliphatic rings. The molecule has 0 unspecified atom stereocenters. The van der Waals surface area contributed by atoms with Crippen molar-refractivity contribution in [2.24, 2.45) is 42.3 Å². The summed E-state index contributed by atoms with van der Waals surface area (Å²) in [5.41, 5.74) is 30.8. The second-order valence-corrected chi connectivity index (χ2v) is 27.7. The number of amidine groups is 2. The van der Waals surface area contributed by atoms with E-state index in [-0.39, 0.29) is 94.2 Å². The molecule has 27 heteroatoms. The van der Waals surface area contributed by atoms with Crippen molar-refractivity contribution in [3.05, 3.63) is 178 Å². The highest BCUT2D eigenvalue weighted by molar-refractivity contribution is 6.15. The normalized spacial score (nSPS) is 20.4. The largest absolute Gasteiger partial charge is 0.488 e. The van der Waals surface area contributed by atoms with E-state index in [9.17, 15) is 32.3 Å². The van der Waals surface area contributed by atoms with Gasteiger partial charge in [-0.3, -0.25) is 54.7 Å². The highest BCUT2D eigenvalue weighted by Gasteiger charge is 2.53. The predicted octanol–water partition coefficient (Wildman–Crippen LogP) is 8.18. The Kier molecular flexibility index (Phi) is 22.0. The van der Waals surface area contributed by atoms with Gasteiger partial charge in [0.05, 0.1) is 58.4 Å². The topological polar surface area (TPSA) is 327 Å². The van der Waals surface area contributed by atoms with E-state index < -0.39 is 28.3 Å². The average Bonchev–Trinajstić information content (AvgIpc) is 1.60. The minimum Gasteiger partial charge on any atom is -0.488 e. The van der Waals surface area contributed by atoms with Crippen molar-refractivity contribution < 1.29 is 37.1 Å². The standard InChI is InChI=1S/C39H45FN10O2.C38H43F2N9O3/c1-44-25-45-36(43)28-6-4-26(5-7-28)27-12-18-48(19-13-27)34(51)23-47-20-14-39(24-47)15-21-50(38(39)52)29-8-10-32(41)30(22-29)35(42)33-11-9-31(40)37(46-33)49-16-2-3-17-49;1-23(2)52-31-8-5-26(19-29(31)40)34(42)35-30(41)7-9-32(46-35)49-17-13-38(37(49)51)12-16-47(21-38)20-33(50)48-14-10-24(11-15-48)25-4-6-27(28(39)18-25)36(43)45-22-44-3/h4-12,22,25,42H,2-3,13-21,23-24,41H2,1H3,(H2,43,44,45);4-10,18-19,22-23,42H,11-17,20-21,41H2,1-3H3,(H2,43,44,45)/t39-;38-/m00/s1. The maximum absolute atomic E-state index is 14.8. The fourth-order valence-electron chi connectivity index (χ4n) is 14.9. The molecule has 4 amide bonds. The number of nitrogen functional groups attached to an aromatic ring is 2.